The molecule has 0 aromatic rings. The molecule has 1 amide bonds. The van der Waals surface area contributed by atoms with Crippen molar-refractivity contribution in [2.45, 2.75) is 19.4 Å². The zero-order valence-corrected chi connectivity index (χ0v) is 7.90. The van der Waals surface area contributed by atoms with Gasteiger partial charge in [-0.05, 0) is 18.6 Å². The second-order valence-corrected chi connectivity index (χ2v) is 2.82. The van der Waals surface area contributed by atoms with Crippen molar-refractivity contribution in [2.75, 3.05) is 6.61 Å². The Hall–Kier alpha value is -1.49. The molecule has 1 aliphatic heterocycles. The highest BCUT2D eigenvalue weighted by molar-refractivity contribution is 5.98. The van der Waals surface area contributed by atoms with Crippen LogP contribution >= 0.6 is 0 Å². The summed E-state index contributed by atoms with van der Waals surface area (Å²) in [7, 11) is 0. The summed E-state index contributed by atoms with van der Waals surface area (Å²) in [5.41, 5.74) is 6.07. The van der Waals surface area contributed by atoms with Gasteiger partial charge in [-0.1, -0.05) is 0 Å². The van der Waals surface area contributed by atoms with Crippen LogP contribution in [0.25, 0.3) is 0 Å². The van der Waals surface area contributed by atoms with Crippen molar-refractivity contribution < 1.29 is 14.3 Å². The molecule has 1 aliphatic rings. The number of allylic oxidation sites excluding steroid dienone is 1. The molecule has 0 aliphatic carbocycles. The zero-order valence-electron chi connectivity index (χ0n) is 7.90. The number of hydrogen-bond donors (Lipinski definition) is 1. The van der Waals surface area contributed by atoms with E-state index in [-0.39, 0.29) is 12.4 Å². The highest BCUT2D eigenvalue weighted by Crippen LogP contribution is 2.11. The summed E-state index contributed by atoms with van der Waals surface area (Å²) < 4.78 is 4.74. The Labute approximate surface area is 81.6 Å². The molecule has 0 saturated carbocycles. The Kier molecular flexibility index (Phi) is 3.53. The first-order valence-electron chi connectivity index (χ1n) is 4.33. The van der Waals surface area contributed by atoms with Crippen LogP contribution < -0.4 is 5.73 Å². The van der Waals surface area contributed by atoms with Gasteiger partial charge in [-0.15, -0.1) is 0 Å². The molecule has 5 heteroatoms. The molecular formula is C9H12N2O3. The maximum absolute atomic E-state index is 11.1. The Morgan fingerprint density at radius 2 is 2.43 bits per heavy atom. The van der Waals surface area contributed by atoms with E-state index < -0.39 is 11.9 Å². The van der Waals surface area contributed by atoms with Gasteiger partial charge in [0.05, 0.1) is 13.0 Å². The number of dihydropyridines is 1. The Morgan fingerprint density at radius 1 is 1.71 bits per heavy atom. The maximum atomic E-state index is 11.1. The lowest BCUT2D eigenvalue weighted by Gasteiger charge is -2.14. The molecule has 0 bridgehead atoms. The van der Waals surface area contributed by atoms with E-state index in [9.17, 15) is 9.59 Å². The van der Waals surface area contributed by atoms with Gasteiger partial charge in [-0.3, -0.25) is 9.59 Å². The highest BCUT2D eigenvalue weighted by Gasteiger charge is 2.22. The largest absolute Gasteiger partial charge is 0.466 e. The molecule has 1 unspecified atom stereocenters. The van der Waals surface area contributed by atoms with E-state index in [1.807, 2.05) is 0 Å². The predicted octanol–water partition coefficient (Wildman–Crippen LogP) is -0.196. The van der Waals surface area contributed by atoms with E-state index in [1.165, 1.54) is 6.21 Å². The summed E-state index contributed by atoms with van der Waals surface area (Å²) in [6.45, 7) is 2.04. The van der Waals surface area contributed by atoms with E-state index in [2.05, 4.69) is 4.99 Å². The monoisotopic (exact) mass is 196 g/mol. The van der Waals surface area contributed by atoms with E-state index >= 15 is 0 Å². The number of carbonyl (C=O) groups is 2. The van der Waals surface area contributed by atoms with Crippen molar-refractivity contribution >= 4 is 18.1 Å². The number of esters is 1. The number of ether oxygens (including phenoxy) is 1. The SMILES string of the molecule is CCOC(=O)CC1=CC=NC(=O)C1N. The Bertz CT molecular complexity index is 307. The second-order valence-electron chi connectivity index (χ2n) is 2.82. The molecule has 76 valence electrons. The van der Waals surface area contributed by atoms with Crippen molar-refractivity contribution in [1.29, 1.82) is 0 Å². The predicted molar refractivity (Wildman–Crippen MR) is 50.8 cm³/mol. The van der Waals surface area contributed by atoms with E-state index in [0.717, 1.165) is 0 Å². The highest BCUT2D eigenvalue weighted by atomic mass is 16.5. The van der Waals surface area contributed by atoms with Crippen molar-refractivity contribution in [3.63, 3.8) is 0 Å². The quantitative estimate of drug-likeness (QED) is 0.634. The van der Waals surface area contributed by atoms with Gasteiger partial charge in [-0.25, -0.2) is 4.99 Å². The Morgan fingerprint density at radius 3 is 3.07 bits per heavy atom. The average Bonchev–Trinajstić information content (AvgIpc) is 2.13. The molecule has 2 N–H and O–H groups in total. The fourth-order valence-electron chi connectivity index (χ4n) is 1.10. The summed E-state index contributed by atoms with van der Waals surface area (Å²) in [5.74, 6) is -0.802. The standard InChI is InChI=1S/C9H12N2O3/c1-2-14-7(12)5-6-3-4-11-9(13)8(6)10/h3-4,8H,2,5,10H2,1H3. The lowest BCUT2D eigenvalue weighted by Crippen LogP contribution is -2.34. The van der Waals surface area contributed by atoms with Crippen LogP contribution in [0.3, 0.4) is 0 Å². The van der Waals surface area contributed by atoms with Crippen molar-refractivity contribution in [1.82, 2.24) is 0 Å². The molecule has 0 saturated heterocycles. The molecule has 5 nitrogen and oxygen atoms in total. The number of rotatable bonds is 3. The van der Waals surface area contributed by atoms with Gasteiger partial charge in [0.1, 0.15) is 6.04 Å². The van der Waals surface area contributed by atoms with Crippen LogP contribution in [0.5, 0.6) is 0 Å². The number of aliphatic imine (C=N–C) groups is 1. The number of hydrogen-bond acceptors (Lipinski definition) is 4. The maximum Gasteiger partial charge on any atom is 0.309 e. The number of carbonyl (C=O) groups excluding carboxylic acids is 2. The molecule has 1 rings (SSSR count). The minimum Gasteiger partial charge on any atom is -0.466 e. The molecule has 0 spiro atoms. The van der Waals surface area contributed by atoms with Gasteiger partial charge in [0.15, 0.2) is 0 Å². The third kappa shape index (κ3) is 2.50. The van der Waals surface area contributed by atoms with Crippen molar-refractivity contribution in [3.05, 3.63) is 11.6 Å². The van der Waals surface area contributed by atoms with E-state index in [0.29, 0.717) is 12.2 Å². The molecule has 1 atom stereocenters. The summed E-state index contributed by atoms with van der Waals surface area (Å²) in [6, 6.07) is -0.801. The summed E-state index contributed by atoms with van der Waals surface area (Å²) >= 11 is 0. The second kappa shape index (κ2) is 4.66. The molecular weight excluding hydrogens is 184 g/mol. The van der Waals surface area contributed by atoms with Gasteiger partial charge in [0.2, 0.25) is 0 Å². The lowest BCUT2D eigenvalue weighted by molar-refractivity contribution is -0.142. The molecule has 1 heterocycles. The van der Waals surface area contributed by atoms with Gasteiger partial charge in [0, 0.05) is 6.21 Å². The van der Waals surface area contributed by atoms with Crippen LogP contribution in [0.15, 0.2) is 16.6 Å². The normalized spacial score (nSPS) is 20.6. The first-order chi connectivity index (χ1) is 6.65. The first-order valence-corrected chi connectivity index (χ1v) is 4.33. The zero-order chi connectivity index (χ0) is 10.6. The van der Waals surface area contributed by atoms with Crippen LogP contribution in [0, 0.1) is 0 Å². The molecule has 0 fully saturated rings. The van der Waals surface area contributed by atoms with Gasteiger partial charge >= 0.3 is 5.97 Å². The minimum absolute atomic E-state index is 0.0484. The molecule has 0 aromatic heterocycles. The van der Waals surface area contributed by atoms with E-state index in [4.69, 9.17) is 10.5 Å². The number of nitrogens with zero attached hydrogens (tertiary/aromatic N) is 1. The topological polar surface area (TPSA) is 81.8 Å². The van der Waals surface area contributed by atoms with Crippen LogP contribution in [-0.2, 0) is 14.3 Å². The molecule has 0 radical (unpaired) electrons. The first kappa shape index (κ1) is 10.6. The van der Waals surface area contributed by atoms with Gasteiger partial charge < -0.3 is 10.5 Å². The summed E-state index contributed by atoms with van der Waals surface area (Å²) in [5, 5.41) is 0. The van der Waals surface area contributed by atoms with Gasteiger partial charge in [-0.2, -0.15) is 0 Å². The Balaban J connectivity index is 2.60. The summed E-state index contributed by atoms with van der Waals surface area (Å²) in [4.78, 5) is 25.6. The minimum atomic E-state index is -0.801. The van der Waals surface area contributed by atoms with Crippen LogP contribution in [0.1, 0.15) is 13.3 Å². The fraction of sp³-hybridized carbons (Fsp3) is 0.444. The third-order valence-electron chi connectivity index (χ3n) is 1.81. The molecule has 14 heavy (non-hydrogen) atoms. The average molecular weight is 196 g/mol. The number of amides is 1. The van der Waals surface area contributed by atoms with Crippen LogP contribution in [0.4, 0.5) is 0 Å². The number of nitrogens with two attached hydrogens (primary N) is 1. The molecule has 0 aromatic carbocycles. The van der Waals surface area contributed by atoms with E-state index in [1.54, 1.807) is 13.0 Å². The lowest BCUT2D eigenvalue weighted by atomic mass is 10.0. The van der Waals surface area contributed by atoms with Crippen LogP contribution in [-0.4, -0.2) is 30.7 Å². The smallest absolute Gasteiger partial charge is 0.309 e. The fourth-order valence-corrected chi connectivity index (χ4v) is 1.10. The van der Waals surface area contributed by atoms with Crippen LogP contribution in [0.2, 0.25) is 0 Å². The van der Waals surface area contributed by atoms with Gasteiger partial charge in [0.25, 0.3) is 5.91 Å². The van der Waals surface area contributed by atoms with Crippen molar-refractivity contribution in [3.8, 4) is 0 Å². The van der Waals surface area contributed by atoms with Crippen molar-refractivity contribution in [2.24, 2.45) is 10.7 Å². The third-order valence-corrected chi connectivity index (χ3v) is 1.81. The summed E-state index contributed by atoms with van der Waals surface area (Å²) in [6.07, 6.45) is 2.97.